The lowest BCUT2D eigenvalue weighted by Crippen LogP contribution is -2.30. The number of thiazole rings is 1. The highest BCUT2D eigenvalue weighted by molar-refractivity contribution is 7.19. The molecule has 8 heteroatoms. The third kappa shape index (κ3) is 3.90. The zero-order valence-electron chi connectivity index (χ0n) is 18.3. The maximum atomic E-state index is 12.5. The predicted molar refractivity (Wildman–Crippen MR) is 123 cm³/mol. The Bertz CT molecular complexity index is 1110. The van der Waals surface area contributed by atoms with Gasteiger partial charge in [0.25, 0.3) is 0 Å². The molecule has 1 aliphatic carbocycles. The Hall–Kier alpha value is -2.58. The molecule has 0 unspecified atom stereocenters. The Morgan fingerprint density at radius 3 is 2.74 bits per heavy atom. The number of rotatable bonds is 5. The first-order valence-corrected chi connectivity index (χ1v) is 11.9. The zero-order chi connectivity index (χ0) is 21.5. The molecule has 1 N–H and O–H groups in total. The maximum absolute atomic E-state index is 12.5. The van der Waals surface area contributed by atoms with Crippen LogP contribution in [-0.2, 0) is 17.6 Å². The van der Waals surface area contributed by atoms with E-state index in [-0.39, 0.29) is 11.9 Å². The van der Waals surface area contributed by atoms with Gasteiger partial charge >= 0.3 is 0 Å². The summed E-state index contributed by atoms with van der Waals surface area (Å²) in [5.41, 5.74) is 6.52. The number of aryl methyl sites for hydroxylation is 2. The summed E-state index contributed by atoms with van der Waals surface area (Å²) in [4.78, 5) is 25.1. The average Bonchev–Trinajstić information content (AvgIpc) is 3.46. The number of pyridine rings is 1. The van der Waals surface area contributed by atoms with Gasteiger partial charge in [-0.25, -0.2) is 4.98 Å². The standard InChI is InChI=1S/C23H28N6OS/c1-14(2)29-21-17(20(27-29)16-7-6-15(3)24-12-16)8-9-18-22(21)31-23(25-18)26-19(30)13-28-10-4-5-11-28/h6-7,12,14H,4-5,8-11,13H2,1-3H3,(H,25,26,30). The van der Waals surface area contributed by atoms with Crippen LogP contribution in [0.1, 0.15) is 49.7 Å². The van der Waals surface area contributed by atoms with E-state index in [1.807, 2.05) is 19.2 Å². The van der Waals surface area contributed by atoms with E-state index < -0.39 is 0 Å². The Morgan fingerprint density at radius 2 is 2.03 bits per heavy atom. The maximum Gasteiger partial charge on any atom is 0.240 e. The summed E-state index contributed by atoms with van der Waals surface area (Å²) < 4.78 is 2.11. The molecule has 162 valence electrons. The molecule has 1 aliphatic heterocycles. The number of carbonyl (C=O) groups excluding carboxylic acids is 1. The highest BCUT2D eigenvalue weighted by Gasteiger charge is 2.30. The molecule has 0 saturated carbocycles. The number of nitrogens with one attached hydrogen (secondary N) is 1. The highest BCUT2D eigenvalue weighted by atomic mass is 32.1. The minimum atomic E-state index is 0.0250. The molecule has 7 nitrogen and oxygen atoms in total. The molecule has 0 aromatic carbocycles. The molecule has 3 aromatic heterocycles. The van der Waals surface area contributed by atoms with Crippen LogP contribution >= 0.6 is 11.3 Å². The molecule has 4 heterocycles. The van der Waals surface area contributed by atoms with Gasteiger partial charge in [0.1, 0.15) is 0 Å². The summed E-state index contributed by atoms with van der Waals surface area (Å²) in [7, 11) is 0. The molecule has 0 spiro atoms. The van der Waals surface area contributed by atoms with Gasteiger partial charge in [-0.05, 0) is 71.7 Å². The lowest BCUT2D eigenvalue weighted by molar-refractivity contribution is -0.117. The van der Waals surface area contributed by atoms with E-state index in [0.717, 1.165) is 59.1 Å². The quantitative estimate of drug-likeness (QED) is 0.652. The summed E-state index contributed by atoms with van der Waals surface area (Å²) in [5, 5.41) is 8.72. The second kappa shape index (κ2) is 8.16. The number of hydrogen-bond acceptors (Lipinski definition) is 6. The predicted octanol–water partition coefficient (Wildman–Crippen LogP) is 4.09. The smallest absolute Gasteiger partial charge is 0.240 e. The SMILES string of the molecule is Cc1ccc(-c2nn(C(C)C)c3c2CCc2nc(NC(=O)CN4CCCC4)sc2-3)cn1. The normalized spacial score (nSPS) is 15.9. The average molecular weight is 437 g/mol. The van der Waals surface area contributed by atoms with Crippen molar-refractivity contribution >= 4 is 22.4 Å². The van der Waals surface area contributed by atoms with E-state index >= 15 is 0 Å². The van der Waals surface area contributed by atoms with Crippen molar-refractivity contribution in [3.05, 3.63) is 35.3 Å². The second-order valence-corrected chi connectivity index (χ2v) is 9.73. The molecule has 0 radical (unpaired) electrons. The van der Waals surface area contributed by atoms with Crippen molar-refractivity contribution in [1.29, 1.82) is 0 Å². The number of likely N-dealkylation sites (tertiary alicyclic amines) is 1. The highest BCUT2D eigenvalue weighted by Crippen LogP contribution is 2.44. The molecule has 0 bridgehead atoms. The summed E-state index contributed by atoms with van der Waals surface area (Å²) in [6, 6.07) is 4.36. The van der Waals surface area contributed by atoms with Gasteiger partial charge in [-0.1, -0.05) is 11.3 Å². The van der Waals surface area contributed by atoms with Gasteiger partial charge in [-0.3, -0.25) is 19.4 Å². The van der Waals surface area contributed by atoms with E-state index in [0.29, 0.717) is 11.7 Å². The van der Waals surface area contributed by atoms with Crippen LogP contribution in [0.15, 0.2) is 18.3 Å². The first-order chi connectivity index (χ1) is 15.0. The molecule has 1 saturated heterocycles. The van der Waals surface area contributed by atoms with Gasteiger partial charge in [0.15, 0.2) is 5.13 Å². The topological polar surface area (TPSA) is 75.9 Å². The Labute approximate surface area is 186 Å². The van der Waals surface area contributed by atoms with Gasteiger partial charge in [-0.2, -0.15) is 5.10 Å². The number of hydrogen-bond donors (Lipinski definition) is 1. The second-order valence-electron chi connectivity index (χ2n) is 8.73. The van der Waals surface area contributed by atoms with Crippen LogP contribution in [-0.4, -0.2) is 50.2 Å². The van der Waals surface area contributed by atoms with Gasteiger partial charge in [0.05, 0.1) is 28.5 Å². The number of aromatic nitrogens is 4. The van der Waals surface area contributed by atoms with Gasteiger partial charge in [0.2, 0.25) is 5.91 Å². The van der Waals surface area contributed by atoms with E-state index in [2.05, 4.69) is 39.8 Å². The van der Waals surface area contributed by atoms with E-state index in [9.17, 15) is 4.79 Å². The number of nitrogens with zero attached hydrogens (tertiary/aromatic N) is 5. The number of fused-ring (bicyclic) bond motifs is 3. The first-order valence-electron chi connectivity index (χ1n) is 11.1. The molecular weight excluding hydrogens is 408 g/mol. The third-order valence-corrected chi connectivity index (χ3v) is 7.04. The van der Waals surface area contributed by atoms with Crippen LogP contribution in [0, 0.1) is 6.92 Å². The lowest BCUT2D eigenvalue weighted by Gasteiger charge is -2.15. The van der Waals surface area contributed by atoms with E-state index in [4.69, 9.17) is 10.1 Å². The molecule has 31 heavy (non-hydrogen) atoms. The van der Waals surface area contributed by atoms with Crippen LogP contribution < -0.4 is 5.32 Å². The monoisotopic (exact) mass is 436 g/mol. The van der Waals surface area contributed by atoms with Gasteiger partial charge < -0.3 is 5.32 Å². The van der Waals surface area contributed by atoms with Crippen molar-refractivity contribution in [2.24, 2.45) is 0 Å². The van der Waals surface area contributed by atoms with Crippen molar-refractivity contribution in [3.63, 3.8) is 0 Å². The van der Waals surface area contributed by atoms with Gasteiger partial charge in [-0.15, -0.1) is 0 Å². The number of amides is 1. The van der Waals surface area contributed by atoms with Crippen molar-refractivity contribution < 1.29 is 4.79 Å². The summed E-state index contributed by atoms with van der Waals surface area (Å²) in [5.74, 6) is 0.0250. The van der Waals surface area contributed by atoms with E-state index in [1.54, 1.807) is 11.3 Å². The van der Waals surface area contributed by atoms with Crippen LogP contribution in [0.25, 0.3) is 21.8 Å². The van der Waals surface area contributed by atoms with E-state index in [1.165, 1.54) is 18.4 Å². The van der Waals surface area contributed by atoms with Crippen molar-refractivity contribution in [3.8, 4) is 21.8 Å². The molecule has 1 fully saturated rings. The molecule has 3 aromatic rings. The number of carbonyl (C=O) groups is 1. The van der Waals surface area contributed by atoms with Crippen molar-refractivity contribution in [1.82, 2.24) is 24.6 Å². The van der Waals surface area contributed by atoms with Crippen molar-refractivity contribution in [2.75, 3.05) is 25.0 Å². The van der Waals surface area contributed by atoms with Crippen LogP contribution in [0.2, 0.25) is 0 Å². The van der Waals surface area contributed by atoms with Crippen LogP contribution in [0.3, 0.4) is 0 Å². The Kier molecular flexibility index (Phi) is 5.35. The largest absolute Gasteiger partial charge is 0.301 e. The molecule has 5 rings (SSSR count). The third-order valence-electron chi connectivity index (χ3n) is 6.02. The number of anilines is 1. The van der Waals surface area contributed by atoms with Gasteiger partial charge in [0, 0.05) is 29.1 Å². The minimum Gasteiger partial charge on any atom is -0.301 e. The first kappa shape index (κ1) is 20.3. The Morgan fingerprint density at radius 1 is 1.23 bits per heavy atom. The Balaban J connectivity index is 1.48. The lowest BCUT2D eigenvalue weighted by atomic mass is 9.95. The summed E-state index contributed by atoms with van der Waals surface area (Å²) in [6.45, 7) is 8.76. The fourth-order valence-corrected chi connectivity index (χ4v) is 5.56. The van der Waals surface area contributed by atoms with Crippen LogP contribution in [0.5, 0.6) is 0 Å². The molecule has 1 amide bonds. The van der Waals surface area contributed by atoms with Crippen molar-refractivity contribution in [2.45, 2.75) is 52.5 Å². The fraction of sp³-hybridized carbons (Fsp3) is 0.478. The summed E-state index contributed by atoms with van der Waals surface area (Å²) in [6.07, 6.45) is 6.02. The fourth-order valence-electron chi connectivity index (χ4n) is 4.47. The molecule has 2 aliphatic rings. The minimum absolute atomic E-state index is 0.0250. The summed E-state index contributed by atoms with van der Waals surface area (Å²) >= 11 is 1.57. The van der Waals surface area contributed by atoms with Crippen LogP contribution in [0.4, 0.5) is 5.13 Å². The molecule has 0 atom stereocenters. The zero-order valence-corrected chi connectivity index (χ0v) is 19.1. The molecular formula is C23H28N6OS.